The Hall–Kier alpha value is -0.580. The lowest BCUT2D eigenvalue weighted by atomic mass is 10.2. The molecule has 1 aromatic carbocycles. The minimum absolute atomic E-state index is 0.401. The second-order valence-electron chi connectivity index (χ2n) is 2.69. The molecule has 14 heavy (non-hydrogen) atoms. The zero-order valence-electron chi connectivity index (χ0n) is 8.41. The van der Waals surface area contributed by atoms with Gasteiger partial charge >= 0.3 is 0 Å². The summed E-state index contributed by atoms with van der Waals surface area (Å²) in [6, 6.07) is 5.69. The second-order valence-corrected chi connectivity index (χ2v) is 3.61. The summed E-state index contributed by atoms with van der Waals surface area (Å²) in [5.41, 5.74) is 0.867. The molecule has 0 heterocycles. The van der Waals surface area contributed by atoms with Gasteiger partial charge in [-0.25, -0.2) is 0 Å². The van der Waals surface area contributed by atoms with E-state index in [9.17, 15) is 0 Å². The molecular weight excluding hydrogens is 248 g/mol. The normalized spacial score (nSPS) is 10.6. The Morgan fingerprint density at radius 1 is 1.14 bits per heavy atom. The maximum Gasteiger partial charge on any atom is 0.186 e. The molecule has 0 unspecified atom stereocenters. The van der Waals surface area contributed by atoms with Gasteiger partial charge < -0.3 is 14.2 Å². The molecule has 0 atom stereocenters. The van der Waals surface area contributed by atoms with Gasteiger partial charge in [-0.2, -0.15) is 0 Å². The third kappa shape index (κ3) is 2.47. The average molecular weight is 261 g/mol. The van der Waals surface area contributed by atoms with Crippen molar-refractivity contribution in [3.63, 3.8) is 0 Å². The summed E-state index contributed by atoms with van der Waals surface area (Å²) < 4.78 is 16.5. The summed E-state index contributed by atoms with van der Waals surface area (Å²) >= 11 is 3.39. The Morgan fingerprint density at radius 2 is 1.79 bits per heavy atom. The van der Waals surface area contributed by atoms with Gasteiger partial charge in [0, 0.05) is 18.7 Å². The van der Waals surface area contributed by atoms with Gasteiger partial charge in [-0.05, 0) is 18.2 Å². The second kappa shape index (κ2) is 5.34. The lowest BCUT2D eigenvalue weighted by Crippen LogP contribution is -2.05. The fourth-order valence-corrected chi connectivity index (χ4v) is 1.62. The fraction of sp³-hybridized carbons (Fsp3) is 0.400. The van der Waals surface area contributed by atoms with E-state index in [4.69, 9.17) is 14.2 Å². The third-order valence-corrected chi connectivity index (χ3v) is 2.37. The molecular formula is C10H13BrO3. The molecule has 0 radical (unpaired) electrons. The van der Waals surface area contributed by atoms with Gasteiger partial charge in [0.15, 0.2) is 6.29 Å². The number of ether oxygens (including phenoxy) is 3. The number of methoxy groups -OCH3 is 3. The van der Waals surface area contributed by atoms with Crippen molar-refractivity contribution in [3.05, 3.63) is 28.2 Å². The van der Waals surface area contributed by atoms with Gasteiger partial charge in [-0.1, -0.05) is 15.9 Å². The third-order valence-electron chi connectivity index (χ3n) is 1.87. The van der Waals surface area contributed by atoms with E-state index in [0.717, 1.165) is 15.8 Å². The summed E-state index contributed by atoms with van der Waals surface area (Å²) in [6.45, 7) is 0. The van der Waals surface area contributed by atoms with Crippen molar-refractivity contribution < 1.29 is 14.2 Å². The highest BCUT2D eigenvalue weighted by Gasteiger charge is 2.14. The van der Waals surface area contributed by atoms with E-state index in [1.165, 1.54) is 0 Å². The van der Waals surface area contributed by atoms with Crippen molar-refractivity contribution in [3.8, 4) is 5.75 Å². The van der Waals surface area contributed by atoms with Gasteiger partial charge in [0.1, 0.15) is 5.75 Å². The first-order valence-corrected chi connectivity index (χ1v) is 4.91. The van der Waals surface area contributed by atoms with E-state index in [-0.39, 0.29) is 0 Å². The van der Waals surface area contributed by atoms with Crippen LogP contribution in [0, 0.1) is 0 Å². The maximum atomic E-state index is 5.20. The van der Waals surface area contributed by atoms with Crippen LogP contribution in [-0.2, 0) is 9.47 Å². The molecule has 3 nitrogen and oxygen atoms in total. The summed E-state index contributed by atoms with van der Waals surface area (Å²) in [7, 11) is 4.80. The molecule has 0 amide bonds. The fourth-order valence-electron chi connectivity index (χ4n) is 1.24. The Bertz CT molecular complexity index is 297. The van der Waals surface area contributed by atoms with Crippen LogP contribution in [0.4, 0.5) is 0 Å². The van der Waals surface area contributed by atoms with Crippen LogP contribution in [0.5, 0.6) is 5.75 Å². The maximum absolute atomic E-state index is 5.20. The van der Waals surface area contributed by atoms with Crippen LogP contribution in [0.2, 0.25) is 0 Å². The molecule has 1 rings (SSSR count). The smallest absolute Gasteiger partial charge is 0.186 e. The lowest BCUT2D eigenvalue weighted by molar-refractivity contribution is -0.107. The summed E-state index contributed by atoms with van der Waals surface area (Å²) in [6.07, 6.45) is -0.401. The molecule has 0 saturated heterocycles. The van der Waals surface area contributed by atoms with Crippen molar-refractivity contribution in [2.75, 3.05) is 21.3 Å². The lowest BCUT2D eigenvalue weighted by Gasteiger charge is -2.16. The molecule has 0 aliphatic carbocycles. The SMILES string of the molecule is COc1ccc(Br)cc1C(OC)OC. The van der Waals surface area contributed by atoms with Crippen LogP contribution in [0.3, 0.4) is 0 Å². The molecule has 0 aliphatic heterocycles. The first-order chi connectivity index (χ1) is 6.72. The van der Waals surface area contributed by atoms with Crippen molar-refractivity contribution in [1.29, 1.82) is 0 Å². The van der Waals surface area contributed by atoms with Crippen LogP contribution in [-0.4, -0.2) is 21.3 Å². The molecule has 0 N–H and O–H groups in total. The molecule has 0 fully saturated rings. The Balaban J connectivity index is 3.08. The van der Waals surface area contributed by atoms with Crippen LogP contribution in [0.15, 0.2) is 22.7 Å². The first-order valence-electron chi connectivity index (χ1n) is 4.12. The van der Waals surface area contributed by atoms with E-state index in [1.807, 2.05) is 18.2 Å². The summed E-state index contributed by atoms with van der Waals surface area (Å²) in [5.74, 6) is 0.752. The topological polar surface area (TPSA) is 27.7 Å². The number of hydrogen-bond acceptors (Lipinski definition) is 3. The highest BCUT2D eigenvalue weighted by Crippen LogP contribution is 2.30. The number of halogens is 1. The van der Waals surface area contributed by atoms with E-state index >= 15 is 0 Å². The van der Waals surface area contributed by atoms with Crippen LogP contribution in [0.25, 0.3) is 0 Å². The molecule has 0 saturated carbocycles. The van der Waals surface area contributed by atoms with E-state index < -0.39 is 6.29 Å². The highest BCUT2D eigenvalue weighted by molar-refractivity contribution is 9.10. The predicted octanol–water partition coefficient (Wildman–Crippen LogP) is 2.75. The van der Waals surface area contributed by atoms with Crippen LogP contribution in [0.1, 0.15) is 11.9 Å². The molecule has 4 heteroatoms. The molecule has 0 bridgehead atoms. The van der Waals surface area contributed by atoms with Crippen LogP contribution < -0.4 is 4.74 Å². The monoisotopic (exact) mass is 260 g/mol. The van der Waals surface area contributed by atoms with Crippen LogP contribution >= 0.6 is 15.9 Å². The van der Waals surface area contributed by atoms with Crippen molar-refractivity contribution in [2.24, 2.45) is 0 Å². The zero-order chi connectivity index (χ0) is 10.6. The molecule has 78 valence electrons. The summed E-state index contributed by atoms with van der Waals surface area (Å²) in [4.78, 5) is 0. The Labute approximate surface area is 92.1 Å². The number of hydrogen-bond donors (Lipinski definition) is 0. The highest BCUT2D eigenvalue weighted by atomic mass is 79.9. The molecule has 0 aromatic heterocycles. The van der Waals surface area contributed by atoms with E-state index in [2.05, 4.69) is 15.9 Å². The first kappa shape index (κ1) is 11.5. The van der Waals surface area contributed by atoms with Gasteiger partial charge in [0.2, 0.25) is 0 Å². The zero-order valence-corrected chi connectivity index (χ0v) is 10.00. The minimum Gasteiger partial charge on any atom is -0.496 e. The van der Waals surface area contributed by atoms with Gasteiger partial charge in [0.25, 0.3) is 0 Å². The number of benzene rings is 1. The number of rotatable bonds is 4. The largest absolute Gasteiger partial charge is 0.496 e. The molecule has 1 aromatic rings. The Morgan fingerprint density at radius 3 is 2.29 bits per heavy atom. The standard InChI is InChI=1S/C10H13BrO3/c1-12-9-5-4-7(11)6-8(9)10(13-2)14-3/h4-6,10H,1-3H3. The van der Waals surface area contributed by atoms with Crippen molar-refractivity contribution in [1.82, 2.24) is 0 Å². The van der Waals surface area contributed by atoms with Crippen molar-refractivity contribution >= 4 is 15.9 Å². The predicted molar refractivity (Wildman–Crippen MR) is 57.5 cm³/mol. The van der Waals surface area contributed by atoms with Gasteiger partial charge in [-0.3, -0.25) is 0 Å². The average Bonchev–Trinajstić information content (AvgIpc) is 2.20. The van der Waals surface area contributed by atoms with E-state index in [1.54, 1.807) is 21.3 Å². The van der Waals surface area contributed by atoms with E-state index in [0.29, 0.717) is 0 Å². The van der Waals surface area contributed by atoms with Gasteiger partial charge in [-0.15, -0.1) is 0 Å². The van der Waals surface area contributed by atoms with Gasteiger partial charge in [0.05, 0.1) is 12.7 Å². The molecule has 0 aliphatic rings. The molecule has 0 spiro atoms. The minimum atomic E-state index is -0.401. The summed E-state index contributed by atoms with van der Waals surface area (Å²) in [5, 5.41) is 0. The Kier molecular flexibility index (Phi) is 4.38. The van der Waals surface area contributed by atoms with Crippen molar-refractivity contribution in [2.45, 2.75) is 6.29 Å². The quantitative estimate of drug-likeness (QED) is 0.780.